The molecule has 3 aliphatic heterocycles. The Morgan fingerprint density at radius 1 is 0.929 bits per heavy atom. The van der Waals surface area contributed by atoms with Crippen LogP contribution in [0.5, 0.6) is 0 Å². The number of amides is 3. The number of fused-ring (bicyclic) bond motifs is 1. The van der Waals surface area contributed by atoms with Crippen LogP contribution in [0.4, 0.5) is 17.1 Å². The lowest BCUT2D eigenvalue weighted by Crippen LogP contribution is -2.51. The van der Waals surface area contributed by atoms with Crippen molar-refractivity contribution in [2.24, 2.45) is 11.8 Å². The molecule has 0 saturated carbocycles. The van der Waals surface area contributed by atoms with E-state index in [1.807, 2.05) is 54.6 Å². The van der Waals surface area contributed by atoms with E-state index in [1.54, 1.807) is 16.7 Å². The molecule has 1 spiro atoms. The van der Waals surface area contributed by atoms with Crippen molar-refractivity contribution < 1.29 is 19.5 Å². The van der Waals surface area contributed by atoms with Crippen molar-refractivity contribution in [2.45, 2.75) is 74.8 Å². The number of rotatable bonds is 13. The first-order valence-corrected chi connectivity index (χ1v) is 16.2. The van der Waals surface area contributed by atoms with Crippen LogP contribution in [-0.4, -0.2) is 69.5 Å². The van der Waals surface area contributed by atoms with Gasteiger partial charge in [0.2, 0.25) is 17.7 Å². The van der Waals surface area contributed by atoms with E-state index >= 15 is 0 Å². The van der Waals surface area contributed by atoms with Crippen LogP contribution >= 0.6 is 11.8 Å². The van der Waals surface area contributed by atoms with Crippen LogP contribution in [0.25, 0.3) is 0 Å². The second-order valence-electron chi connectivity index (χ2n) is 12.0. The quantitative estimate of drug-likeness (QED) is 0.278. The van der Waals surface area contributed by atoms with Gasteiger partial charge in [0.1, 0.15) is 6.04 Å². The van der Waals surface area contributed by atoms with E-state index in [2.05, 4.69) is 36.3 Å². The largest absolute Gasteiger partial charge is 0.396 e. The molecule has 3 saturated heterocycles. The second kappa shape index (κ2) is 12.7. The fourth-order valence-corrected chi connectivity index (χ4v) is 9.77. The molecule has 0 aliphatic carbocycles. The van der Waals surface area contributed by atoms with E-state index in [-0.39, 0.29) is 24.3 Å². The third kappa shape index (κ3) is 5.53. The van der Waals surface area contributed by atoms with Crippen LogP contribution in [0.2, 0.25) is 0 Å². The van der Waals surface area contributed by atoms with Crippen molar-refractivity contribution in [3.05, 3.63) is 54.6 Å². The molecule has 0 aromatic heterocycles. The van der Waals surface area contributed by atoms with Gasteiger partial charge < -0.3 is 25.5 Å². The first kappa shape index (κ1) is 30.4. The average molecular weight is 593 g/mol. The predicted octanol–water partition coefficient (Wildman–Crippen LogP) is 5.14. The summed E-state index contributed by atoms with van der Waals surface area (Å²) in [5.74, 6) is -1.49. The van der Waals surface area contributed by atoms with Crippen molar-refractivity contribution in [1.29, 1.82) is 0 Å². The van der Waals surface area contributed by atoms with Crippen LogP contribution in [0, 0.1) is 11.8 Å². The zero-order chi connectivity index (χ0) is 29.9. The molecule has 226 valence electrons. The van der Waals surface area contributed by atoms with E-state index in [4.69, 9.17) is 0 Å². The summed E-state index contributed by atoms with van der Waals surface area (Å²) in [6.07, 6.45) is 4.72. The summed E-state index contributed by atoms with van der Waals surface area (Å²) in [5.41, 5.74) is 2.51. The monoisotopic (exact) mass is 592 g/mol. The molecular weight excluding hydrogens is 548 g/mol. The van der Waals surface area contributed by atoms with Crippen LogP contribution < -0.4 is 15.5 Å². The number of benzene rings is 2. The first-order chi connectivity index (χ1) is 20.3. The number of hydrogen-bond acceptors (Lipinski definition) is 6. The number of aliphatic hydroxyl groups is 1. The average Bonchev–Trinajstić information content (AvgIpc) is 3.55. The highest BCUT2D eigenvalue weighted by Crippen LogP contribution is 2.71. The summed E-state index contributed by atoms with van der Waals surface area (Å²) in [6.45, 7) is 8.74. The number of carbonyl (C=O) groups excluding carboxylic acids is 3. The Hall–Kier alpha value is -3.04. The van der Waals surface area contributed by atoms with Gasteiger partial charge in [0, 0.05) is 48.1 Å². The lowest BCUT2D eigenvalue weighted by molar-refractivity contribution is -0.139. The molecule has 2 aromatic carbocycles. The standard InChI is InChI=1S/C33H44N4O4S/c1-4-36(5-2)25-17-15-24(16-18-25)35-30(40)28-33-20-19-32(3,42-33)26(29(39)34-23-13-9-8-10-14-23)27(33)31(41)37(28)21-11-6-7-12-22-38/h8-10,13-18,26-28,38H,4-7,11-12,19-22H2,1-3H3,(H,34,39)(H,35,40)/t26-,27+,28?,32+,33?/m1/s1. The molecule has 3 fully saturated rings. The van der Waals surface area contributed by atoms with Crippen LogP contribution in [-0.2, 0) is 14.4 Å². The summed E-state index contributed by atoms with van der Waals surface area (Å²) in [5, 5.41) is 15.4. The Bertz CT molecular complexity index is 1270. The van der Waals surface area contributed by atoms with E-state index in [0.717, 1.165) is 57.3 Å². The summed E-state index contributed by atoms with van der Waals surface area (Å²) >= 11 is 1.69. The Kier molecular flexibility index (Phi) is 9.18. The van der Waals surface area contributed by atoms with E-state index in [1.165, 1.54) is 0 Å². The minimum absolute atomic E-state index is 0.0849. The number of thioether (sulfide) groups is 1. The van der Waals surface area contributed by atoms with Crippen LogP contribution in [0.1, 0.15) is 59.3 Å². The highest BCUT2D eigenvalue weighted by molar-refractivity contribution is 8.02. The molecule has 2 unspecified atom stereocenters. The van der Waals surface area contributed by atoms with Gasteiger partial charge in [-0.15, -0.1) is 11.8 Å². The molecule has 2 bridgehead atoms. The molecule has 8 nitrogen and oxygen atoms in total. The second-order valence-corrected chi connectivity index (χ2v) is 13.9. The number of nitrogens with one attached hydrogen (secondary N) is 2. The number of likely N-dealkylation sites (tertiary alicyclic amines) is 1. The van der Waals surface area contributed by atoms with Crippen molar-refractivity contribution in [1.82, 2.24) is 4.90 Å². The fourth-order valence-electron chi connectivity index (χ4n) is 7.41. The lowest BCUT2D eigenvalue weighted by Gasteiger charge is -2.35. The molecule has 5 rings (SSSR count). The number of carbonyl (C=O) groups is 3. The minimum Gasteiger partial charge on any atom is -0.396 e. The van der Waals surface area contributed by atoms with Crippen molar-refractivity contribution in [3.8, 4) is 0 Å². The number of anilines is 3. The number of unbranched alkanes of at least 4 members (excludes halogenated alkanes) is 3. The zero-order valence-corrected chi connectivity index (χ0v) is 25.8. The van der Waals surface area contributed by atoms with Gasteiger partial charge in [0.15, 0.2) is 0 Å². The molecule has 3 heterocycles. The fraction of sp³-hybridized carbons (Fsp3) is 0.545. The molecule has 3 aliphatic rings. The van der Waals surface area contributed by atoms with Gasteiger partial charge >= 0.3 is 0 Å². The highest BCUT2D eigenvalue weighted by Gasteiger charge is 2.77. The predicted molar refractivity (Wildman–Crippen MR) is 170 cm³/mol. The van der Waals surface area contributed by atoms with Crippen LogP contribution in [0.3, 0.4) is 0 Å². The van der Waals surface area contributed by atoms with Crippen molar-refractivity contribution in [3.63, 3.8) is 0 Å². The SMILES string of the molecule is CCN(CC)c1ccc(NC(=O)C2N(CCCCCCO)C(=O)[C@@H]3[C@H](C(=O)Nc4ccccc4)[C@]4(C)CCC23S4)cc1. The van der Waals surface area contributed by atoms with E-state index in [0.29, 0.717) is 17.9 Å². The lowest BCUT2D eigenvalue weighted by atomic mass is 9.66. The summed E-state index contributed by atoms with van der Waals surface area (Å²) in [6, 6.07) is 16.6. The van der Waals surface area contributed by atoms with E-state index in [9.17, 15) is 19.5 Å². The Morgan fingerprint density at radius 2 is 1.57 bits per heavy atom. The Morgan fingerprint density at radius 3 is 2.24 bits per heavy atom. The number of nitrogens with zero attached hydrogens (tertiary/aromatic N) is 2. The molecule has 3 amide bonds. The maximum absolute atomic E-state index is 14.3. The maximum Gasteiger partial charge on any atom is 0.248 e. The van der Waals surface area contributed by atoms with Crippen molar-refractivity contribution in [2.75, 3.05) is 41.8 Å². The van der Waals surface area contributed by atoms with Gasteiger partial charge in [-0.2, -0.15) is 0 Å². The summed E-state index contributed by atoms with van der Waals surface area (Å²) < 4.78 is -1.07. The van der Waals surface area contributed by atoms with E-state index < -0.39 is 27.4 Å². The summed E-state index contributed by atoms with van der Waals surface area (Å²) in [4.78, 5) is 46.3. The first-order valence-electron chi connectivity index (χ1n) is 15.4. The molecule has 42 heavy (non-hydrogen) atoms. The normalized spacial score (nSPS) is 27.7. The number of para-hydroxylation sites is 1. The third-order valence-corrected chi connectivity index (χ3v) is 11.4. The topological polar surface area (TPSA) is 102 Å². The van der Waals surface area contributed by atoms with Gasteiger partial charge in [-0.05, 0) is 82.9 Å². The van der Waals surface area contributed by atoms with Gasteiger partial charge in [0.25, 0.3) is 0 Å². The van der Waals surface area contributed by atoms with Crippen molar-refractivity contribution >= 4 is 46.5 Å². The number of aliphatic hydroxyl groups excluding tert-OH is 1. The van der Waals surface area contributed by atoms with Gasteiger partial charge in [0.05, 0.1) is 16.6 Å². The highest BCUT2D eigenvalue weighted by atomic mass is 32.2. The minimum atomic E-state index is -0.656. The number of hydrogen-bond donors (Lipinski definition) is 3. The Balaban J connectivity index is 1.42. The van der Waals surface area contributed by atoms with Crippen LogP contribution in [0.15, 0.2) is 54.6 Å². The zero-order valence-electron chi connectivity index (χ0n) is 25.0. The molecular formula is C33H44N4O4S. The maximum atomic E-state index is 14.3. The molecule has 0 radical (unpaired) electrons. The third-order valence-electron chi connectivity index (χ3n) is 9.42. The van der Waals surface area contributed by atoms with Gasteiger partial charge in [-0.1, -0.05) is 31.0 Å². The Labute approximate surface area is 253 Å². The molecule has 9 heteroatoms. The van der Waals surface area contributed by atoms with Gasteiger partial charge in [-0.25, -0.2) is 0 Å². The van der Waals surface area contributed by atoms with Gasteiger partial charge in [-0.3, -0.25) is 14.4 Å². The summed E-state index contributed by atoms with van der Waals surface area (Å²) in [7, 11) is 0. The smallest absolute Gasteiger partial charge is 0.248 e. The molecule has 3 N–H and O–H groups in total. The molecule has 2 aromatic rings. The molecule has 5 atom stereocenters.